The Labute approximate surface area is 128 Å². The Balaban J connectivity index is 1.67. The fourth-order valence-corrected chi connectivity index (χ4v) is 2.36. The van der Waals surface area contributed by atoms with E-state index in [2.05, 4.69) is 10.3 Å². The van der Waals surface area contributed by atoms with Crippen molar-refractivity contribution in [2.45, 2.75) is 11.4 Å². The summed E-state index contributed by atoms with van der Waals surface area (Å²) in [7, 11) is 0. The highest BCUT2D eigenvalue weighted by Gasteiger charge is 2.11. The van der Waals surface area contributed by atoms with E-state index in [4.69, 9.17) is 8.97 Å². The second kappa shape index (κ2) is 6.08. The third kappa shape index (κ3) is 3.05. The van der Waals surface area contributed by atoms with Crippen LogP contribution in [0.5, 0.6) is 0 Å². The van der Waals surface area contributed by atoms with Gasteiger partial charge in [0, 0.05) is 18.1 Å². The molecule has 6 nitrogen and oxygen atoms in total. The molecule has 1 amide bonds. The summed E-state index contributed by atoms with van der Waals surface area (Å²) in [6, 6.07) is 9.89. The summed E-state index contributed by atoms with van der Waals surface area (Å²) >= 11 is -2.00. The summed E-state index contributed by atoms with van der Waals surface area (Å²) in [5.74, 6) is -0.109. The van der Waals surface area contributed by atoms with Crippen LogP contribution < -0.4 is 5.32 Å². The number of nitrogens with one attached hydrogen (secondary N) is 1. The first-order chi connectivity index (χ1) is 10.6. The molecule has 3 aromatic rings. The molecule has 0 aliphatic rings. The number of furan rings is 1. The number of aromatic nitrogens is 1. The molecule has 112 valence electrons. The van der Waals surface area contributed by atoms with Gasteiger partial charge in [0.2, 0.25) is 0 Å². The summed E-state index contributed by atoms with van der Waals surface area (Å²) in [4.78, 5) is 16.3. The second-order valence-corrected chi connectivity index (χ2v) is 5.57. The molecule has 3 rings (SSSR count). The van der Waals surface area contributed by atoms with Crippen LogP contribution in [0.15, 0.2) is 58.1 Å². The zero-order chi connectivity index (χ0) is 15.5. The number of carbonyl (C=O) groups excluding carboxylic acids is 1. The van der Waals surface area contributed by atoms with Crippen LogP contribution in [0.2, 0.25) is 0 Å². The molecular formula is C15H12N2O4S. The number of carbonyl (C=O) groups is 1. The van der Waals surface area contributed by atoms with Gasteiger partial charge < -0.3 is 14.3 Å². The van der Waals surface area contributed by atoms with E-state index in [1.54, 1.807) is 48.8 Å². The van der Waals surface area contributed by atoms with Crippen LogP contribution in [-0.4, -0.2) is 19.7 Å². The molecule has 0 aliphatic heterocycles. The van der Waals surface area contributed by atoms with Crippen LogP contribution in [0, 0.1) is 0 Å². The van der Waals surface area contributed by atoms with Crippen LogP contribution in [0.25, 0.3) is 11.0 Å². The van der Waals surface area contributed by atoms with Crippen molar-refractivity contribution in [2.75, 3.05) is 0 Å². The highest BCUT2D eigenvalue weighted by Crippen LogP contribution is 2.17. The van der Waals surface area contributed by atoms with Crippen LogP contribution in [0.1, 0.15) is 16.1 Å². The minimum atomic E-state index is -2.00. The fraction of sp³-hybridized carbons (Fsp3) is 0.0667. The average Bonchev–Trinajstić information content (AvgIpc) is 2.97. The number of nitrogens with zero attached hydrogens (tertiary/aromatic N) is 1. The van der Waals surface area contributed by atoms with Crippen molar-refractivity contribution >= 4 is 28.0 Å². The van der Waals surface area contributed by atoms with Crippen LogP contribution >= 0.6 is 0 Å². The highest BCUT2D eigenvalue weighted by molar-refractivity contribution is 7.79. The summed E-state index contributed by atoms with van der Waals surface area (Å²) in [6.45, 7) is 0.298. The third-order valence-electron chi connectivity index (χ3n) is 3.12. The lowest BCUT2D eigenvalue weighted by molar-refractivity contribution is 0.0925. The second-order valence-electron chi connectivity index (χ2n) is 4.60. The van der Waals surface area contributed by atoms with Crippen molar-refractivity contribution in [3.05, 3.63) is 60.1 Å². The number of rotatable bonds is 4. The van der Waals surface area contributed by atoms with Gasteiger partial charge in [-0.05, 0) is 29.8 Å². The van der Waals surface area contributed by atoms with Gasteiger partial charge in [0.25, 0.3) is 5.91 Å². The van der Waals surface area contributed by atoms with Crippen molar-refractivity contribution in [1.82, 2.24) is 10.3 Å². The molecular weight excluding hydrogens is 304 g/mol. The summed E-state index contributed by atoms with van der Waals surface area (Å²) in [6.07, 6.45) is 3.19. The van der Waals surface area contributed by atoms with E-state index < -0.39 is 11.1 Å². The van der Waals surface area contributed by atoms with Crippen LogP contribution in [0.3, 0.4) is 0 Å². The maximum atomic E-state index is 12.0. The minimum Gasteiger partial charge on any atom is -0.449 e. The molecule has 2 aromatic heterocycles. The number of benzene rings is 1. The molecule has 0 bridgehead atoms. The standard InChI is InChI=1S/C15H12N2O4S/c18-15(13-7-11-5-6-16-9-14(11)21-13)17-8-10-1-3-12(4-2-10)22(19)20/h1-7,9H,8H2,(H,17,18)(H,19,20). The molecule has 2 N–H and O–H groups in total. The van der Waals surface area contributed by atoms with Crippen molar-refractivity contribution in [3.63, 3.8) is 0 Å². The Kier molecular flexibility index (Phi) is 3.99. The lowest BCUT2D eigenvalue weighted by Gasteiger charge is -2.04. The molecule has 0 saturated carbocycles. The van der Waals surface area contributed by atoms with Crippen molar-refractivity contribution < 1.29 is 18.0 Å². The molecule has 0 fully saturated rings. The Hall–Kier alpha value is -2.51. The maximum absolute atomic E-state index is 12.0. The minimum absolute atomic E-state index is 0.219. The predicted molar refractivity (Wildman–Crippen MR) is 80.7 cm³/mol. The Morgan fingerprint density at radius 1 is 1.27 bits per heavy atom. The Morgan fingerprint density at radius 3 is 2.73 bits per heavy atom. The molecule has 0 saturated heterocycles. The number of pyridine rings is 1. The predicted octanol–water partition coefficient (Wildman–Crippen LogP) is 2.34. The fourth-order valence-electron chi connectivity index (χ4n) is 1.99. The van der Waals surface area contributed by atoms with E-state index in [9.17, 15) is 9.00 Å². The Morgan fingerprint density at radius 2 is 2.05 bits per heavy atom. The lowest BCUT2D eigenvalue weighted by Crippen LogP contribution is -2.22. The molecule has 7 heteroatoms. The quantitative estimate of drug-likeness (QED) is 0.721. The van der Waals surface area contributed by atoms with Gasteiger partial charge in [-0.3, -0.25) is 9.78 Å². The van der Waals surface area contributed by atoms with Gasteiger partial charge in [-0.2, -0.15) is 0 Å². The Bertz CT molecular complexity index is 809. The summed E-state index contributed by atoms with van der Waals surface area (Å²) in [5, 5.41) is 3.55. The van der Waals surface area contributed by atoms with Gasteiger partial charge in [-0.25, -0.2) is 4.21 Å². The van der Waals surface area contributed by atoms with Gasteiger partial charge in [0.05, 0.1) is 11.1 Å². The van der Waals surface area contributed by atoms with Crippen LogP contribution in [-0.2, 0) is 17.6 Å². The first-order valence-electron chi connectivity index (χ1n) is 6.45. The van der Waals surface area contributed by atoms with Gasteiger partial charge in [-0.1, -0.05) is 12.1 Å². The number of fused-ring (bicyclic) bond motifs is 1. The highest BCUT2D eigenvalue weighted by atomic mass is 32.2. The van der Waals surface area contributed by atoms with Crippen molar-refractivity contribution in [3.8, 4) is 0 Å². The van der Waals surface area contributed by atoms with E-state index in [-0.39, 0.29) is 11.7 Å². The molecule has 1 aromatic carbocycles. The molecule has 0 radical (unpaired) electrons. The van der Waals surface area contributed by atoms with Gasteiger partial charge >= 0.3 is 0 Å². The first-order valence-corrected chi connectivity index (χ1v) is 7.56. The van der Waals surface area contributed by atoms with Crippen LogP contribution in [0.4, 0.5) is 0 Å². The topological polar surface area (TPSA) is 92.4 Å². The number of amides is 1. The maximum Gasteiger partial charge on any atom is 0.287 e. The lowest BCUT2D eigenvalue weighted by atomic mass is 10.2. The molecule has 1 unspecified atom stereocenters. The van der Waals surface area contributed by atoms with E-state index in [1.807, 2.05) is 0 Å². The molecule has 22 heavy (non-hydrogen) atoms. The molecule has 0 spiro atoms. The van der Waals surface area contributed by atoms with E-state index in [0.29, 0.717) is 17.0 Å². The molecule has 2 heterocycles. The van der Waals surface area contributed by atoms with E-state index in [1.165, 1.54) is 0 Å². The monoisotopic (exact) mass is 316 g/mol. The van der Waals surface area contributed by atoms with Gasteiger partial charge in [0.1, 0.15) is 0 Å². The number of hydrogen-bond donors (Lipinski definition) is 2. The summed E-state index contributed by atoms with van der Waals surface area (Å²) in [5.41, 5.74) is 1.38. The smallest absolute Gasteiger partial charge is 0.287 e. The summed E-state index contributed by atoms with van der Waals surface area (Å²) < 4.78 is 25.2. The zero-order valence-electron chi connectivity index (χ0n) is 11.4. The van der Waals surface area contributed by atoms with E-state index in [0.717, 1.165) is 10.9 Å². The molecule has 0 aliphatic carbocycles. The van der Waals surface area contributed by atoms with E-state index >= 15 is 0 Å². The normalized spacial score (nSPS) is 12.2. The number of hydrogen-bond acceptors (Lipinski definition) is 4. The largest absolute Gasteiger partial charge is 0.449 e. The SMILES string of the molecule is O=C(NCc1ccc(S(=O)O)cc1)c1cc2ccncc2o1. The zero-order valence-corrected chi connectivity index (χ0v) is 12.2. The average molecular weight is 316 g/mol. The van der Waals surface area contributed by atoms with Crippen molar-refractivity contribution in [2.24, 2.45) is 0 Å². The first kappa shape index (κ1) is 14.4. The van der Waals surface area contributed by atoms with Gasteiger partial charge in [-0.15, -0.1) is 0 Å². The van der Waals surface area contributed by atoms with Crippen molar-refractivity contribution in [1.29, 1.82) is 0 Å². The van der Waals surface area contributed by atoms with Gasteiger partial charge in [0.15, 0.2) is 22.4 Å². The third-order valence-corrected chi connectivity index (χ3v) is 3.80. The molecule has 1 atom stereocenters.